The van der Waals surface area contributed by atoms with Crippen molar-refractivity contribution < 1.29 is 39.5 Å². The quantitative estimate of drug-likeness (QED) is 0.0921. The van der Waals surface area contributed by atoms with E-state index in [1.165, 1.54) is 0 Å². The van der Waals surface area contributed by atoms with Crippen LogP contribution in [0.3, 0.4) is 0 Å². The van der Waals surface area contributed by atoms with E-state index in [-0.39, 0.29) is 57.5 Å². The van der Waals surface area contributed by atoms with Crippen LogP contribution in [0.2, 0.25) is 0 Å². The van der Waals surface area contributed by atoms with Crippen molar-refractivity contribution in [3.05, 3.63) is 130 Å². The molecule has 0 saturated heterocycles. The average molecular weight is 793 g/mol. The van der Waals surface area contributed by atoms with Gasteiger partial charge in [0.05, 0.1) is 12.8 Å². The molecule has 0 fully saturated rings. The van der Waals surface area contributed by atoms with Crippen molar-refractivity contribution >= 4 is 11.9 Å². The maximum Gasteiger partial charge on any atom is 0.311 e. The molecule has 0 bridgehead atoms. The van der Waals surface area contributed by atoms with Gasteiger partial charge in [0.2, 0.25) is 0 Å². The van der Waals surface area contributed by atoms with E-state index in [2.05, 4.69) is 0 Å². The first-order valence-corrected chi connectivity index (χ1v) is 19.9. The number of benzene rings is 4. The number of ether oxygens (including phenoxy) is 2. The van der Waals surface area contributed by atoms with Gasteiger partial charge in [0.15, 0.2) is 0 Å². The Labute approximate surface area is 345 Å². The molecule has 0 aliphatic carbocycles. The fourth-order valence-electron chi connectivity index (χ4n) is 7.53. The number of phenolic OH excluding ortho intramolecular Hbond substituents is 4. The van der Waals surface area contributed by atoms with E-state index >= 15 is 0 Å². The molecule has 4 aromatic carbocycles. The zero-order chi connectivity index (χ0) is 43.8. The summed E-state index contributed by atoms with van der Waals surface area (Å²) in [6, 6.07) is 21.4. The van der Waals surface area contributed by atoms with Gasteiger partial charge in [-0.3, -0.25) is 9.59 Å². The van der Waals surface area contributed by atoms with Crippen LogP contribution in [0.4, 0.5) is 0 Å². The van der Waals surface area contributed by atoms with Crippen LogP contribution in [0.15, 0.2) is 85.3 Å². The SMILES string of the molecule is CC(C)(C)c1cc(C(C)(CC(=O)OC=COC(=O)CC(C)(c2ccc(O)c(C(C)(C)C)c2)c2ccc(O)c(C(C)(C)C)c2)c2ccc(O)c(C(C)(C)C)c2)ccc1O. The Hall–Kier alpha value is -5.24. The molecule has 8 nitrogen and oxygen atoms in total. The Morgan fingerprint density at radius 3 is 0.810 bits per heavy atom. The zero-order valence-electron chi connectivity index (χ0n) is 36.9. The molecule has 8 heteroatoms. The van der Waals surface area contributed by atoms with Gasteiger partial charge in [-0.2, -0.15) is 0 Å². The third-order valence-electron chi connectivity index (χ3n) is 11.2. The van der Waals surface area contributed by atoms with E-state index in [1.807, 2.05) is 121 Å². The summed E-state index contributed by atoms with van der Waals surface area (Å²) < 4.78 is 11.1. The Morgan fingerprint density at radius 2 is 0.621 bits per heavy atom. The fraction of sp³-hybridized carbons (Fsp3) is 0.440. The highest BCUT2D eigenvalue weighted by molar-refractivity contribution is 5.75. The Balaban J connectivity index is 1.65. The van der Waals surface area contributed by atoms with E-state index in [0.29, 0.717) is 0 Å². The van der Waals surface area contributed by atoms with E-state index in [1.54, 1.807) is 48.5 Å². The van der Waals surface area contributed by atoms with Crippen LogP contribution in [-0.4, -0.2) is 32.4 Å². The summed E-state index contributed by atoms with van der Waals surface area (Å²) in [5.74, 6) is -0.557. The third kappa shape index (κ3) is 10.1. The number of hydrogen-bond acceptors (Lipinski definition) is 8. The molecule has 0 unspecified atom stereocenters. The van der Waals surface area contributed by atoms with Crippen LogP contribution in [0.1, 0.15) is 154 Å². The molecule has 0 saturated carbocycles. The lowest BCUT2D eigenvalue weighted by Crippen LogP contribution is -2.29. The third-order valence-corrected chi connectivity index (χ3v) is 11.2. The summed E-state index contributed by atoms with van der Waals surface area (Å²) in [6.07, 6.45) is 1.90. The van der Waals surface area contributed by atoms with E-state index < -0.39 is 22.8 Å². The number of esters is 2. The van der Waals surface area contributed by atoms with Crippen LogP contribution < -0.4 is 0 Å². The van der Waals surface area contributed by atoms with Crippen molar-refractivity contribution in [3.8, 4) is 23.0 Å². The Morgan fingerprint density at radius 1 is 0.414 bits per heavy atom. The first-order valence-electron chi connectivity index (χ1n) is 19.9. The van der Waals surface area contributed by atoms with Gasteiger partial charge < -0.3 is 29.9 Å². The molecule has 0 atom stereocenters. The largest absolute Gasteiger partial charge is 0.508 e. The fourth-order valence-corrected chi connectivity index (χ4v) is 7.53. The molecule has 4 N–H and O–H groups in total. The Bertz CT molecular complexity index is 1900. The van der Waals surface area contributed by atoms with Crippen molar-refractivity contribution in [2.45, 2.75) is 142 Å². The summed E-state index contributed by atoms with van der Waals surface area (Å²) in [5.41, 5.74) is 2.57. The highest BCUT2D eigenvalue weighted by atomic mass is 16.6. The van der Waals surface area contributed by atoms with Gasteiger partial charge in [0.1, 0.15) is 35.5 Å². The van der Waals surface area contributed by atoms with Gasteiger partial charge in [0, 0.05) is 10.8 Å². The summed E-state index contributed by atoms with van der Waals surface area (Å²) in [4.78, 5) is 27.3. The van der Waals surface area contributed by atoms with E-state index in [4.69, 9.17) is 9.47 Å². The van der Waals surface area contributed by atoms with Crippen molar-refractivity contribution in [3.63, 3.8) is 0 Å². The highest BCUT2D eigenvalue weighted by Crippen LogP contribution is 2.45. The topological polar surface area (TPSA) is 134 Å². The average Bonchev–Trinajstić information content (AvgIpc) is 3.08. The van der Waals surface area contributed by atoms with Crippen molar-refractivity contribution in [1.82, 2.24) is 0 Å². The number of carbonyl (C=O) groups excluding carboxylic acids is 2. The second-order valence-electron chi connectivity index (χ2n) is 20.2. The smallest absolute Gasteiger partial charge is 0.311 e. The lowest BCUT2D eigenvalue weighted by atomic mass is 9.70. The molecule has 0 aromatic heterocycles. The highest BCUT2D eigenvalue weighted by Gasteiger charge is 2.37. The number of aromatic hydroxyl groups is 4. The molecule has 0 amide bonds. The van der Waals surface area contributed by atoms with Crippen LogP contribution in [-0.2, 0) is 51.6 Å². The van der Waals surface area contributed by atoms with E-state index in [9.17, 15) is 30.0 Å². The first kappa shape index (κ1) is 45.5. The second-order valence-corrected chi connectivity index (χ2v) is 20.2. The van der Waals surface area contributed by atoms with Gasteiger partial charge in [-0.15, -0.1) is 0 Å². The van der Waals surface area contributed by atoms with E-state index in [0.717, 1.165) is 57.0 Å². The van der Waals surface area contributed by atoms with Gasteiger partial charge in [-0.05, 0) is 90.4 Å². The molecule has 4 rings (SSSR count). The molecule has 0 aliphatic heterocycles. The minimum absolute atomic E-state index is 0.111. The maximum absolute atomic E-state index is 13.7. The molecule has 4 aromatic rings. The summed E-state index contributed by atoms with van der Waals surface area (Å²) in [6.45, 7) is 27.9. The second kappa shape index (κ2) is 16.2. The normalized spacial score (nSPS) is 13.1. The molecule has 0 radical (unpaired) electrons. The molecule has 312 valence electrons. The predicted octanol–water partition coefficient (Wildman–Crippen LogP) is 11.3. The number of rotatable bonds is 10. The Kier molecular flexibility index (Phi) is 12.7. The lowest BCUT2D eigenvalue weighted by molar-refractivity contribution is -0.142. The standard InChI is InChI=1S/C50H64O8/c1-45(2,3)35-25-31(15-19-39(35)51)49(13,32-16-20-40(52)36(26-32)46(4,5)6)29-43(55)57-23-24-58-44(56)30-50(14,33-17-21-41(53)37(27-33)47(7,8)9)34-18-22-42(54)38(28-34)48(10,11)12/h15-28,51-54H,29-30H2,1-14H3. The minimum Gasteiger partial charge on any atom is -0.508 e. The molecular formula is C50H64O8. The van der Waals surface area contributed by atoms with Crippen LogP contribution >= 0.6 is 0 Å². The number of carbonyl (C=O) groups is 2. The number of hydrogen-bond donors (Lipinski definition) is 4. The summed E-state index contributed by atoms with van der Waals surface area (Å²) in [5, 5.41) is 43.1. The van der Waals surface area contributed by atoms with Gasteiger partial charge in [-0.25, -0.2) is 0 Å². The molecule has 58 heavy (non-hydrogen) atoms. The zero-order valence-corrected chi connectivity index (χ0v) is 36.9. The van der Waals surface area contributed by atoms with Crippen molar-refractivity contribution in [2.75, 3.05) is 0 Å². The van der Waals surface area contributed by atoms with Crippen molar-refractivity contribution in [2.24, 2.45) is 0 Å². The number of phenols is 4. The molecule has 0 heterocycles. The molecule has 0 aliphatic rings. The minimum atomic E-state index is -0.948. The van der Waals surface area contributed by atoms with Gasteiger partial charge in [-0.1, -0.05) is 145 Å². The molecule has 0 spiro atoms. The lowest BCUT2D eigenvalue weighted by Gasteiger charge is -2.33. The van der Waals surface area contributed by atoms with Gasteiger partial charge in [0.25, 0.3) is 0 Å². The first-order chi connectivity index (χ1) is 26.5. The van der Waals surface area contributed by atoms with Gasteiger partial charge >= 0.3 is 11.9 Å². The van der Waals surface area contributed by atoms with Crippen LogP contribution in [0, 0.1) is 0 Å². The summed E-state index contributed by atoms with van der Waals surface area (Å²) in [7, 11) is 0. The van der Waals surface area contributed by atoms with Crippen molar-refractivity contribution in [1.29, 1.82) is 0 Å². The monoisotopic (exact) mass is 792 g/mol. The maximum atomic E-state index is 13.7. The predicted molar refractivity (Wildman–Crippen MR) is 231 cm³/mol. The summed E-state index contributed by atoms with van der Waals surface area (Å²) >= 11 is 0. The molecular weight excluding hydrogens is 729 g/mol. The van der Waals surface area contributed by atoms with Crippen LogP contribution in [0.25, 0.3) is 0 Å². The van der Waals surface area contributed by atoms with Crippen LogP contribution in [0.5, 0.6) is 23.0 Å².